The predicted octanol–water partition coefficient (Wildman–Crippen LogP) is -0.0829. The first-order chi connectivity index (χ1) is 8.81. The van der Waals surface area contributed by atoms with E-state index in [9.17, 15) is 18.0 Å². The predicted molar refractivity (Wildman–Crippen MR) is 67.2 cm³/mol. The first-order valence-corrected chi connectivity index (χ1v) is 7.87. The molecule has 1 amide bonds. The lowest BCUT2D eigenvalue weighted by molar-refractivity contribution is -0.124. The monoisotopic (exact) mass is 370 g/mol. The van der Waals surface area contributed by atoms with E-state index in [2.05, 4.69) is 25.5 Å². The molecule has 0 unspecified atom stereocenters. The van der Waals surface area contributed by atoms with Crippen LogP contribution in [0.4, 0.5) is 0 Å². The van der Waals surface area contributed by atoms with Crippen molar-refractivity contribution in [1.82, 2.24) is 10.2 Å². The third kappa shape index (κ3) is 2.95. The van der Waals surface area contributed by atoms with Gasteiger partial charge in [-0.1, -0.05) is 0 Å². The van der Waals surface area contributed by atoms with E-state index >= 15 is 0 Å². The van der Waals surface area contributed by atoms with Crippen molar-refractivity contribution in [3.8, 4) is 0 Å². The van der Waals surface area contributed by atoms with E-state index in [1.165, 1.54) is 0 Å². The zero-order valence-corrected chi connectivity index (χ0v) is 12.3. The van der Waals surface area contributed by atoms with Crippen LogP contribution in [0.3, 0.4) is 0 Å². The summed E-state index contributed by atoms with van der Waals surface area (Å²) in [5.41, 5.74) is 2.01. The molecule has 1 atom stereocenters. The molecule has 8 nitrogen and oxygen atoms in total. The summed E-state index contributed by atoms with van der Waals surface area (Å²) in [5, 5.41) is 8.80. The first kappa shape index (κ1) is 14.4. The van der Waals surface area contributed by atoms with Gasteiger partial charge in [0.05, 0.1) is 3.79 Å². The third-order valence-corrected chi connectivity index (χ3v) is 5.90. The maximum absolute atomic E-state index is 12.0. The molecule has 1 aliphatic rings. The Morgan fingerprint density at radius 3 is 2.79 bits per heavy atom. The van der Waals surface area contributed by atoms with Crippen molar-refractivity contribution in [3.63, 3.8) is 0 Å². The average molecular weight is 371 g/mol. The Hall–Kier alpha value is -1.01. The number of amides is 1. The van der Waals surface area contributed by atoms with Crippen LogP contribution >= 0.6 is 27.3 Å². The summed E-state index contributed by atoms with van der Waals surface area (Å²) in [6, 6.07) is -0.0160. The normalized spacial score (nSPS) is 19.4. The number of halogens is 1. The van der Waals surface area contributed by atoms with Gasteiger partial charge in [-0.25, -0.2) is 18.7 Å². The van der Waals surface area contributed by atoms with Crippen LogP contribution < -0.4 is 10.2 Å². The fourth-order valence-corrected chi connectivity index (χ4v) is 4.91. The Kier molecular flexibility index (Phi) is 3.92. The number of hydrogen-bond acceptors (Lipinski definition) is 6. The second kappa shape index (κ2) is 5.17. The Morgan fingerprint density at radius 1 is 1.63 bits per heavy atom. The van der Waals surface area contributed by atoms with Crippen molar-refractivity contribution in [2.24, 2.45) is 0 Å². The number of hydrogen-bond donors (Lipinski definition) is 3. The molecule has 2 heterocycles. The topological polar surface area (TPSA) is 122 Å². The smallest absolute Gasteiger partial charge is 0.345 e. The summed E-state index contributed by atoms with van der Waals surface area (Å²) in [7, 11) is -4.01. The number of aromatic carboxylic acids is 1. The number of sulfonamides is 1. The second-order valence-corrected chi connectivity index (χ2v) is 7.56. The molecular formula is C8H7BrN2O6S2. The van der Waals surface area contributed by atoms with E-state index < -0.39 is 27.9 Å². The Bertz CT molecular complexity index is 640. The van der Waals surface area contributed by atoms with Gasteiger partial charge < -0.3 is 5.11 Å². The molecule has 0 aliphatic carbocycles. The fraction of sp³-hybridized carbons (Fsp3) is 0.250. The summed E-state index contributed by atoms with van der Waals surface area (Å²) in [6.07, 6.45) is 0. The number of carbonyl (C=O) groups excluding carboxylic acids is 1. The van der Waals surface area contributed by atoms with Gasteiger partial charge in [-0.05, 0) is 22.0 Å². The number of nitrogens with one attached hydrogen (secondary N) is 2. The van der Waals surface area contributed by atoms with E-state index in [-0.39, 0.29) is 20.2 Å². The molecule has 3 N–H and O–H groups in total. The highest BCUT2D eigenvalue weighted by Crippen LogP contribution is 2.31. The highest BCUT2D eigenvalue weighted by atomic mass is 79.9. The van der Waals surface area contributed by atoms with E-state index in [1.54, 1.807) is 0 Å². The summed E-state index contributed by atoms with van der Waals surface area (Å²) in [6.45, 7) is -0.133. The van der Waals surface area contributed by atoms with Gasteiger partial charge in [0.2, 0.25) is 10.0 Å². The summed E-state index contributed by atoms with van der Waals surface area (Å²) in [5.74, 6) is -1.83. The largest absolute Gasteiger partial charge is 0.477 e. The van der Waals surface area contributed by atoms with Gasteiger partial charge in [0, 0.05) is 0 Å². The van der Waals surface area contributed by atoms with E-state index in [1.807, 2.05) is 5.48 Å². The molecule has 1 aliphatic heterocycles. The highest BCUT2D eigenvalue weighted by Gasteiger charge is 2.32. The molecular weight excluding hydrogens is 364 g/mol. The third-order valence-electron chi connectivity index (χ3n) is 2.19. The lowest BCUT2D eigenvalue weighted by atomic mass is 10.3. The number of hydroxylamine groups is 1. The fourth-order valence-electron chi connectivity index (χ4n) is 1.32. The van der Waals surface area contributed by atoms with Crippen LogP contribution in [0.2, 0.25) is 0 Å². The molecule has 11 heteroatoms. The molecule has 0 bridgehead atoms. The van der Waals surface area contributed by atoms with Crippen LogP contribution in [0.1, 0.15) is 9.67 Å². The summed E-state index contributed by atoms with van der Waals surface area (Å²) < 4.78 is 26.3. The molecule has 0 radical (unpaired) electrons. The highest BCUT2D eigenvalue weighted by molar-refractivity contribution is 9.11. The van der Waals surface area contributed by atoms with Gasteiger partial charge in [-0.2, -0.15) is 4.72 Å². The Balaban J connectivity index is 2.29. The molecule has 1 saturated heterocycles. The minimum Gasteiger partial charge on any atom is -0.477 e. The van der Waals surface area contributed by atoms with Crippen LogP contribution in [0, 0.1) is 0 Å². The van der Waals surface area contributed by atoms with Crippen molar-refractivity contribution < 1.29 is 28.0 Å². The standard InChI is InChI=1S/C8H7BrN2O6S2/c9-6-5(1-4(18-6)8(13)14)19(15,16)11-3-2-17-10-7(3)12/h1,3,11H,2H2,(H,10,12)(H,13,14)/t3-/m1/s1. The van der Waals surface area contributed by atoms with Crippen molar-refractivity contribution >= 4 is 49.2 Å². The van der Waals surface area contributed by atoms with Gasteiger partial charge >= 0.3 is 5.97 Å². The van der Waals surface area contributed by atoms with Gasteiger partial charge in [-0.15, -0.1) is 11.3 Å². The zero-order valence-electron chi connectivity index (χ0n) is 9.04. The zero-order chi connectivity index (χ0) is 14.2. The number of rotatable bonds is 4. The number of carboxylic acids is 1. The lowest BCUT2D eigenvalue weighted by Gasteiger charge is -2.08. The molecule has 1 aromatic rings. The molecule has 19 heavy (non-hydrogen) atoms. The summed E-state index contributed by atoms with van der Waals surface area (Å²) in [4.78, 5) is 26.2. The molecule has 104 valence electrons. The quantitative estimate of drug-likeness (QED) is 0.681. The summed E-state index contributed by atoms with van der Waals surface area (Å²) >= 11 is 3.76. The van der Waals surface area contributed by atoms with Crippen molar-refractivity contribution in [3.05, 3.63) is 14.7 Å². The first-order valence-electron chi connectivity index (χ1n) is 4.78. The minimum atomic E-state index is -4.01. The Morgan fingerprint density at radius 2 is 2.32 bits per heavy atom. The average Bonchev–Trinajstić information content (AvgIpc) is 2.86. The molecule has 2 rings (SSSR count). The Labute approximate surface area is 119 Å². The molecule has 0 saturated carbocycles. The minimum absolute atomic E-state index is 0.126. The van der Waals surface area contributed by atoms with E-state index in [0.717, 1.165) is 17.4 Å². The van der Waals surface area contributed by atoms with Crippen molar-refractivity contribution in [2.75, 3.05) is 6.61 Å². The van der Waals surface area contributed by atoms with Crippen LogP contribution in [-0.4, -0.2) is 38.0 Å². The van der Waals surface area contributed by atoms with Crippen LogP contribution in [0.15, 0.2) is 14.7 Å². The molecule has 1 fully saturated rings. The molecule has 0 aromatic carbocycles. The lowest BCUT2D eigenvalue weighted by Crippen LogP contribution is -2.41. The van der Waals surface area contributed by atoms with E-state index in [4.69, 9.17) is 5.11 Å². The van der Waals surface area contributed by atoms with Gasteiger partial charge in [0.1, 0.15) is 22.4 Å². The number of thiophene rings is 1. The number of carboxylic acid groups (broad SMARTS) is 1. The SMILES string of the molecule is O=C(O)c1cc(S(=O)(=O)N[C@@H]2CONC2=O)c(Br)s1. The maximum Gasteiger partial charge on any atom is 0.345 e. The van der Waals surface area contributed by atoms with Crippen LogP contribution in [-0.2, 0) is 19.7 Å². The van der Waals surface area contributed by atoms with Crippen LogP contribution in [0.25, 0.3) is 0 Å². The second-order valence-electron chi connectivity index (χ2n) is 3.50. The number of carbonyl (C=O) groups is 2. The van der Waals surface area contributed by atoms with Gasteiger partial charge in [0.25, 0.3) is 5.91 Å². The maximum atomic E-state index is 12.0. The molecule has 1 aromatic heterocycles. The van der Waals surface area contributed by atoms with Gasteiger partial charge in [0.15, 0.2) is 0 Å². The molecule has 0 spiro atoms. The van der Waals surface area contributed by atoms with Crippen molar-refractivity contribution in [1.29, 1.82) is 0 Å². The van der Waals surface area contributed by atoms with Crippen molar-refractivity contribution in [2.45, 2.75) is 10.9 Å². The van der Waals surface area contributed by atoms with E-state index in [0.29, 0.717) is 0 Å². The van der Waals surface area contributed by atoms with Crippen LogP contribution in [0.5, 0.6) is 0 Å². The van der Waals surface area contributed by atoms with Gasteiger partial charge in [-0.3, -0.25) is 9.63 Å².